The lowest BCUT2D eigenvalue weighted by atomic mass is 10.0. The van der Waals surface area contributed by atoms with Gasteiger partial charge in [0, 0.05) is 37.5 Å². The Morgan fingerprint density at radius 3 is 2.88 bits per heavy atom. The quantitative estimate of drug-likeness (QED) is 0.341. The molecule has 1 aromatic heterocycles. The highest BCUT2D eigenvalue weighted by Crippen LogP contribution is 2.18. The first-order valence-corrected chi connectivity index (χ1v) is 10.3. The Morgan fingerprint density at radius 2 is 2.20 bits per heavy atom. The predicted molar refractivity (Wildman–Crippen MR) is 119 cm³/mol. The largest absolute Gasteiger partial charge is 0.357 e. The molecule has 2 heterocycles. The number of piperidine rings is 1. The highest BCUT2D eigenvalue weighted by molar-refractivity contribution is 14.0. The van der Waals surface area contributed by atoms with Crippen LogP contribution in [0.4, 0.5) is 0 Å². The summed E-state index contributed by atoms with van der Waals surface area (Å²) in [7, 11) is 0. The van der Waals surface area contributed by atoms with Gasteiger partial charge in [0.2, 0.25) is 0 Å². The number of aliphatic imine (C=N–C) groups is 1. The Bertz CT molecular complexity index is 505. The number of hydrogen-bond donors (Lipinski definition) is 2. The van der Waals surface area contributed by atoms with Crippen LogP contribution < -0.4 is 10.6 Å². The van der Waals surface area contributed by atoms with E-state index in [1.54, 1.807) is 11.3 Å². The van der Waals surface area contributed by atoms with E-state index in [-0.39, 0.29) is 24.0 Å². The molecule has 0 aromatic carbocycles. The molecule has 1 atom stereocenters. The summed E-state index contributed by atoms with van der Waals surface area (Å²) in [4.78, 5) is 11.9. The molecule has 0 spiro atoms. The first-order chi connectivity index (χ1) is 11.7. The van der Waals surface area contributed by atoms with E-state index in [4.69, 9.17) is 4.99 Å². The summed E-state index contributed by atoms with van der Waals surface area (Å²) in [6.45, 7) is 11.4. The van der Waals surface area contributed by atoms with Crippen LogP contribution in [0, 0.1) is 6.92 Å². The molecule has 1 aliphatic heterocycles. The molecular formula is C18H34IN5S. The van der Waals surface area contributed by atoms with Gasteiger partial charge in [0.05, 0.1) is 17.2 Å². The highest BCUT2D eigenvalue weighted by atomic mass is 127. The van der Waals surface area contributed by atoms with E-state index in [1.807, 2.05) is 0 Å². The van der Waals surface area contributed by atoms with Gasteiger partial charge in [-0.1, -0.05) is 13.3 Å². The summed E-state index contributed by atoms with van der Waals surface area (Å²) in [5, 5.41) is 10.0. The minimum atomic E-state index is 0. The van der Waals surface area contributed by atoms with E-state index in [2.05, 4.69) is 46.7 Å². The number of likely N-dealkylation sites (tertiary alicyclic amines) is 1. The van der Waals surface area contributed by atoms with Crippen molar-refractivity contribution in [2.75, 3.05) is 32.7 Å². The Hall–Kier alpha value is -0.410. The van der Waals surface area contributed by atoms with Gasteiger partial charge in [-0.25, -0.2) is 4.98 Å². The third-order valence-electron chi connectivity index (χ3n) is 4.56. The molecular weight excluding hydrogens is 445 g/mol. The van der Waals surface area contributed by atoms with Gasteiger partial charge in [0.1, 0.15) is 0 Å². The van der Waals surface area contributed by atoms with Gasteiger partial charge in [-0.3, -0.25) is 9.89 Å². The molecule has 0 aliphatic carbocycles. The van der Waals surface area contributed by atoms with Crippen molar-refractivity contribution in [2.45, 2.75) is 58.9 Å². The number of rotatable bonds is 8. The lowest BCUT2D eigenvalue weighted by Crippen LogP contribution is -2.42. The Morgan fingerprint density at radius 1 is 1.36 bits per heavy atom. The average Bonchev–Trinajstić information content (AvgIpc) is 3.00. The van der Waals surface area contributed by atoms with Crippen LogP contribution in [-0.4, -0.2) is 54.6 Å². The molecule has 0 radical (unpaired) electrons. The number of aryl methyl sites for hydroxylation is 1. The first-order valence-electron chi connectivity index (χ1n) is 9.40. The minimum Gasteiger partial charge on any atom is -0.357 e. The zero-order chi connectivity index (χ0) is 17.2. The van der Waals surface area contributed by atoms with Crippen molar-refractivity contribution in [3.63, 3.8) is 0 Å². The van der Waals surface area contributed by atoms with E-state index < -0.39 is 0 Å². The molecule has 1 saturated heterocycles. The fourth-order valence-corrected chi connectivity index (χ4v) is 3.93. The van der Waals surface area contributed by atoms with Gasteiger partial charge >= 0.3 is 0 Å². The maximum absolute atomic E-state index is 4.75. The molecule has 0 saturated carbocycles. The number of nitrogens with one attached hydrogen (secondary N) is 2. The van der Waals surface area contributed by atoms with Crippen LogP contribution in [0.3, 0.4) is 0 Å². The molecule has 1 aromatic rings. The number of guanidine groups is 1. The van der Waals surface area contributed by atoms with Crippen molar-refractivity contribution >= 4 is 41.3 Å². The van der Waals surface area contributed by atoms with Crippen LogP contribution in [0.15, 0.2) is 10.4 Å². The predicted octanol–water partition coefficient (Wildman–Crippen LogP) is 3.43. The number of nitrogens with zero attached hydrogens (tertiary/aromatic N) is 3. The van der Waals surface area contributed by atoms with Gasteiger partial charge in [-0.2, -0.15) is 0 Å². The summed E-state index contributed by atoms with van der Waals surface area (Å²) < 4.78 is 0. The topological polar surface area (TPSA) is 52.6 Å². The lowest BCUT2D eigenvalue weighted by Gasteiger charge is -2.34. The molecule has 7 heteroatoms. The number of hydrogen-bond acceptors (Lipinski definition) is 4. The van der Waals surface area contributed by atoms with Gasteiger partial charge in [0.25, 0.3) is 0 Å². The van der Waals surface area contributed by atoms with Crippen molar-refractivity contribution < 1.29 is 0 Å². The van der Waals surface area contributed by atoms with Crippen molar-refractivity contribution in [3.05, 3.63) is 16.1 Å². The standard InChI is InChI=1S/C18H33N5S.HI/c1-4-17-8-6-7-12-23(17)13-11-21-18(19-5-2)20-10-9-16-14-24-15(3)22-16;/h14,17H,4-13H2,1-3H3,(H2,19,20,21);1H. The zero-order valence-corrected chi connectivity index (χ0v) is 19.0. The van der Waals surface area contributed by atoms with E-state index in [0.717, 1.165) is 49.6 Å². The zero-order valence-electron chi connectivity index (χ0n) is 15.9. The van der Waals surface area contributed by atoms with Crippen LogP contribution in [0.5, 0.6) is 0 Å². The van der Waals surface area contributed by atoms with Gasteiger partial charge in [-0.05, 0) is 39.7 Å². The van der Waals surface area contributed by atoms with E-state index in [1.165, 1.54) is 37.9 Å². The summed E-state index contributed by atoms with van der Waals surface area (Å²) in [5.41, 5.74) is 1.17. The molecule has 1 unspecified atom stereocenters. The summed E-state index contributed by atoms with van der Waals surface area (Å²) in [6, 6.07) is 0.761. The molecule has 1 fully saturated rings. The molecule has 0 bridgehead atoms. The van der Waals surface area contributed by atoms with Crippen molar-refractivity contribution in [2.24, 2.45) is 4.99 Å². The molecule has 2 rings (SSSR count). The molecule has 5 nitrogen and oxygen atoms in total. The van der Waals surface area contributed by atoms with Crippen molar-refractivity contribution in [3.8, 4) is 0 Å². The monoisotopic (exact) mass is 479 g/mol. The second kappa shape index (κ2) is 12.9. The van der Waals surface area contributed by atoms with Crippen LogP contribution in [-0.2, 0) is 6.42 Å². The van der Waals surface area contributed by atoms with Gasteiger partial charge in [0.15, 0.2) is 5.96 Å². The van der Waals surface area contributed by atoms with Crippen LogP contribution in [0.2, 0.25) is 0 Å². The van der Waals surface area contributed by atoms with Crippen molar-refractivity contribution in [1.82, 2.24) is 20.5 Å². The molecule has 0 amide bonds. The SMILES string of the molecule is CCNC(=NCCN1CCCCC1CC)NCCc1csc(C)n1.I. The Balaban J connectivity index is 0.00000312. The van der Waals surface area contributed by atoms with Gasteiger partial charge < -0.3 is 10.6 Å². The lowest BCUT2D eigenvalue weighted by molar-refractivity contribution is 0.148. The third kappa shape index (κ3) is 8.21. The smallest absolute Gasteiger partial charge is 0.191 e. The second-order valence-electron chi connectivity index (χ2n) is 6.39. The molecule has 25 heavy (non-hydrogen) atoms. The average molecular weight is 479 g/mol. The van der Waals surface area contributed by atoms with Crippen LogP contribution in [0.25, 0.3) is 0 Å². The Kier molecular flexibility index (Phi) is 11.6. The number of halogens is 1. The van der Waals surface area contributed by atoms with E-state index in [0.29, 0.717) is 0 Å². The summed E-state index contributed by atoms with van der Waals surface area (Å²) in [5.74, 6) is 0.925. The maximum atomic E-state index is 4.75. The molecule has 144 valence electrons. The maximum Gasteiger partial charge on any atom is 0.191 e. The fourth-order valence-electron chi connectivity index (χ4n) is 3.28. The van der Waals surface area contributed by atoms with Crippen LogP contribution in [0.1, 0.15) is 50.2 Å². The minimum absolute atomic E-state index is 0. The number of thiazole rings is 1. The van der Waals surface area contributed by atoms with Crippen molar-refractivity contribution in [1.29, 1.82) is 0 Å². The molecule has 1 aliphatic rings. The summed E-state index contributed by atoms with van der Waals surface area (Å²) >= 11 is 1.72. The number of aromatic nitrogens is 1. The highest BCUT2D eigenvalue weighted by Gasteiger charge is 2.19. The second-order valence-corrected chi connectivity index (χ2v) is 7.45. The van der Waals surface area contributed by atoms with E-state index >= 15 is 0 Å². The van der Waals surface area contributed by atoms with Crippen LogP contribution >= 0.6 is 35.3 Å². The fraction of sp³-hybridized carbons (Fsp3) is 0.778. The molecule has 2 N–H and O–H groups in total. The normalized spacial score (nSPS) is 18.7. The third-order valence-corrected chi connectivity index (χ3v) is 5.38. The van der Waals surface area contributed by atoms with E-state index in [9.17, 15) is 0 Å². The summed E-state index contributed by atoms with van der Waals surface area (Å²) in [6.07, 6.45) is 6.28. The Labute approximate surface area is 174 Å². The first kappa shape index (κ1) is 22.6. The van der Waals surface area contributed by atoms with Gasteiger partial charge in [-0.15, -0.1) is 35.3 Å².